The van der Waals surface area contributed by atoms with E-state index in [0.29, 0.717) is 12.0 Å². The number of ether oxygens (including phenoxy) is 2. The fraction of sp³-hybridized carbons (Fsp3) is 0.625. The van der Waals surface area contributed by atoms with Crippen molar-refractivity contribution in [3.8, 4) is 5.75 Å². The van der Waals surface area contributed by atoms with Crippen molar-refractivity contribution in [3.63, 3.8) is 0 Å². The van der Waals surface area contributed by atoms with Gasteiger partial charge >= 0.3 is 0 Å². The van der Waals surface area contributed by atoms with Crippen molar-refractivity contribution >= 4 is 0 Å². The Morgan fingerprint density at radius 2 is 1.74 bits per heavy atom. The summed E-state index contributed by atoms with van der Waals surface area (Å²) in [6, 6.07) is 8.72. The smallest absolute Gasteiger partial charge is 0.119 e. The average Bonchev–Trinajstić information content (AvgIpc) is 2.37. The van der Waals surface area contributed by atoms with Gasteiger partial charge in [-0.1, -0.05) is 19.1 Å². The maximum absolute atomic E-state index is 5.66. The zero-order valence-corrected chi connectivity index (χ0v) is 12.8. The van der Waals surface area contributed by atoms with Gasteiger partial charge in [0.15, 0.2) is 0 Å². The van der Waals surface area contributed by atoms with Crippen molar-refractivity contribution in [2.45, 2.75) is 39.3 Å². The molecule has 3 nitrogen and oxygen atoms in total. The highest BCUT2D eigenvalue weighted by atomic mass is 16.5. The fourth-order valence-electron chi connectivity index (χ4n) is 2.23. The molecule has 0 aromatic heterocycles. The van der Waals surface area contributed by atoms with Crippen LogP contribution < -0.4 is 10.1 Å². The van der Waals surface area contributed by atoms with Crippen molar-refractivity contribution in [2.75, 3.05) is 20.8 Å². The minimum absolute atomic E-state index is 0.215. The molecule has 0 fully saturated rings. The molecule has 1 rings (SSSR count). The standard InChI is InChI=1S/C16H27NO2/c1-12(2)19-15-8-6-14(7-9-15)16(17-4)10-13(3)11-18-5/h6-9,12-13,16-17H,10-11H2,1-5H3. The Morgan fingerprint density at radius 3 is 2.21 bits per heavy atom. The van der Waals surface area contributed by atoms with Gasteiger partial charge in [-0.2, -0.15) is 0 Å². The van der Waals surface area contributed by atoms with E-state index in [9.17, 15) is 0 Å². The first-order valence-electron chi connectivity index (χ1n) is 6.99. The van der Waals surface area contributed by atoms with Gasteiger partial charge in [-0.15, -0.1) is 0 Å². The van der Waals surface area contributed by atoms with E-state index in [4.69, 9.17) is 9.47 Å². The molecule has 0 spiro atoms. The number of methoxy groups -OCH3 is 1. The van der Waals surface area contributed by atoms with Crippen molar-refractivity contribution in [3.05, 3.63) is 29.8 Å². The average molecular weight is 265 g/mol. The quantitative estimate of drug-likeness (QED) is 0.781. The second-order valence-corrected chi connectivity index (χ2v) is 5.37. The Kier molecular flexibility index (Phi) is 6.89. The first-order chi connectivity index (χ1) is 9.06. The van der Waals surface area contributed by atoms with Crippen LogP contribution in [0, 0.1) is 5.92 Å². The molecule has 108 valence electrons. The summed E-state index contributed by atoms with van der Waals surface area (Å²) in [5.41, 5.74) is 1.29. The van der Waals surface area contributed by atoms with Gasteiger partial charge in [0.25, 0.3) is 0 Å². The predicted molar refractivity (Wildman–Crippen MR) is 79.7 cm³/mol. The molecule has 19 heavy (non-hydrogen) atoms. The maximum atomic E-state index is 5.66. The zero-order chi connectivity index (χ0) is 14.3. The molecule has 2 atom stereocenters. The van der Waals surface area contributed by atoms with Crippen molar-refractivity contribution in [1.82, 2.24) is 5.32 Å². The van der Waals surface area contributed by atoms with Crippen molar-refractivity contribution in [1.29, 1.82) is 0 Å². The van der Waals surface area contributed by atoms with Gasteiger partial charge in [0, 0.05) is 19.8 Å². The second-order valence-electron chi connectivity index (χ2n) is 5.37. The van der Waals surface area contributed by atoms with Crippen LogP contribution in [0.1, 0.15) is 38.8 Å². The summed E-state index contributed by atoms with van der Waals surface area (Å²) >= 11 is 0. The summed E-state index contributed by atoms with van der Waals surface area (Å²) in [7, 11) is 3.76. The highest BCUT2D eigenvalue weighted by Gasteiger charge is 2.13. The lowest BCUT2D eigenvalue weighted by atomic mass is 9.96. The molecule has 0 aliphatic carbocycles. The molecule has 2 unspecified atom stereocenters. The van der Waals surface area contributed by atoms with Crippen LogP contribution in [0.4, 0.5) is 0 Å². The molecule has 1 aromatic rings. The number of rotatable bonds is 8. The lowest BCUT2D eigenvalue weighted by Gasteiger charge is -2.21. The minimum Gasteiger partial charge on any atom is -0.491 e. The van der Waals surface area contributed by atoms with Crippen LogP contribution in [0.15, 0.2) is 24.3 Å². The Morgan fingerprint density at radius 1 is 1.11 bits per heavy atom. The molecule has 0 amide bonds. The van der Waals surface area contributed by atoms with Crippen LogP contribution in [0.2, 0.25) is 0 Å². The van der Waals surface area contributed by atoms with E-state index in [2.05, 4.69) is 24.4 Å². The van der Waals surface area contributed by atoms with Gasteiger partial charge in [0.05, 0.1) is 6.10 Å². The van der Waals surface area contributed by atoms with Crippen LogP contribution in [-0.4, -0.2) is 26.9 Å². The van der Waals surface area contributed by atoms with E-state index in [1.807, 2.05) is 33.0 Å². The van der Waals surface area contributed by atoms with E-state index in [1.54, 1.807) is 7.11 Å². The van der Waals surface area contributed by atoms with Crippen LogP contribution in [0.5, 0.6) is 5.75 Å². The monoisotopic (exact) mass is 265 g/mol. The van der Waals surface area contributed by atoms with E-state index < -0.39 is 0 Å². The van der Waals surface area contributed by atoms with Crippen LogP contribution in [0.3, 0.4) is 0 Å². The molecule has 0 aliphatic heterocycles. The molecular weight excluding hydrogens is 238 g/mol. The Bertz CT molecular complexity index is 348. The summed E-state index contributed by atoms with van der Waals surface area (Å²) in [6.45, 7) is 7.09. The summed E-state index contributed by atoms with van der Waals surface area (Å²) in [4.78, 5) is 0. The number of nitrogens with one attached hydrogen (secondary N) is 1. The highest BCUT2D eigenvalue weighted by Crippen LogP contribution is 2.23. The van der Waals surface area contributed by atoms with Gasteiger partial charge in [-0.05, 0) is 50.9 Å². The van der Waals surface area contributed by atoms with E-state index in [0.717, 1.165) is 18.8 Å². The summed E-state index contributed by atoms with van der Waals surface area (Å²) < 4.78 is 10.9. The van der Waals surface area contributed by atoms with Crippen LogP contribution >= 0.6 is 0 Å². The van der Waals surface area contributed by atoms with Crippen LogP contribution in [0.25, 0.3) is 0 Å². The molecule has 0 saturated carbocycles. The molecule has 1 aromatic carbocycles. The Hall–Kier alpha value is -1.06. The van der Waals surface area contributed by atoms with Crippen LogP contribution in [-0.2, 0) is 4.74 Å². The number of benzene rings is 1. The third kappa shape index (κ3) is 5.62. The first kappa shape index (κ1) is 16.0. The summed E-state index contributed by atoms with van der Waals surface area (Å²) in [5, 5.41) is 3.37. The molecule has 0 saturated heterocycles. The summed E-state index contributed by atoms with van der Waals surface area (Å²) in [5.74, 6) is 1.47. The lowest BCUT2D eigenvalue weighted by molar-refractivity contribution is 0.150. The molecule has 3 heteroatoms. The van der Waals surface area contributed by atoms with E-state index >= 15 is 0 Å². The normalized spacial score (nSPS) is 14.4. The van der Waals surface area contributed by atoms with Gasteiger partial charge < -0.3 is 14.8 Å². The van der Waals surface area contributed by atoms with Gasteiger partial charge in [-0.25, -0.2) is 0 Å². The highest BCUT2D eigenvalue weighted by molar-refractivity contribution is 5.29. The van der Waals surface area contributed by atoms with Crippen molar-refractivity contribution in [2.24, 2.45) is 5.92 Å². The predicted octanol–water partition coefficient (Wildman–Crippen LogP) is 3.41. The van der Waals surface area contributed by atoms with Gasteiger partial charge in [0.2, 0.25) is 0 Å². The third-order valence-corrected chi connectivity index (χ3v) is 3.09. The number of hydrogen-bond donors (Lipinski definition) is 1. The van der Waals surface area contributed by atoms with Gasteiger partial charge in [-0.3, -0.25) is 0 Å². The molecular formula is C16H27NO2. The topological polar surface area (TPSA) is 30.5 Å². The Balaban J connectivity index is 2.65. The zero-order valence-electron chi connectivity index (χ0n) is 12.8. The first-order valence-corrected chi connectivity index (χ1v) is 6.99. The second kappa shape index (κ2) is 8.18. The van der Waals surface area contributed by atoms with E-state index in [-0.39, 0.29) is 6.10 Å². The third-order valence-electron chi connectivity index (χ3n) is 3.09. The molecule has 1 N–H and O–H groups in total. The molecule has 0 bridgehead atoms. The van der Waals surface area contributed by atoms with E-state index in [1.165, 1.54) is 5.56 Å². The van der Waals surface area contributed by atoms with Crippen molar-refractivity contribution < 1.29 is 9.47 Å². The SMILES string of the molecule is CNC(CC(C)COC)c1ccc(OC(C)C)cc1. The molecule has 0 aliphatic rings. The Labute approximate surface area is 117 Å². The lowest BCUT2D eigenvalue weighted by Crippen LogP contribution is -2.20. The maximum Gasteiger partial charge on any atom is 0.119 e. The largest absolute Gasteiger partial charge is 0.491 e. The number of hydrogen-bond acceptors (Lipinski definition) is 3. The summed E-state index contributed by atoms with van der Waals surface area (Å²) in [6.07, 6.45) is 1.28. The molecule has 0 radical (unpaired) electrons. The van der Waals surface area contributed by atoms with Gasteiger partial charge in [0.1, 0.15) is 5.75 Å². The molecule has 0 heterocycles. The fourth-order valence-corrected chi connectivity index (χ4v) is 2.23. The minimum atomic E-state index is 0.215.